The van der Waals surface area contributed by atoms with Crippen LogP contribution >= 0.6 is 0 Å². The Morgan fingerprint density at radius 1 is 1.13 bits per heavy atom. The first-order chi connectivity index (χ1) is 11.2. The number of fused-ring (bicyclic) bond motifs is 1. The number of nitrogens with zero attached hydrogens (tertiary/aromatic N) is 3. The standard InChI is InChI=1S/C17H16N4O2/c18-16(22)15-12-8-11(12)9-21(15)17(23)14-13(19-6-7-20-14)10-4-2-1-3-5-10/h1-7,11-12,15H,8-9H2,(H2,18,22)/t11-,12-,15+/m1/s1. The van der Waals surface area contributed by atoms with Gasteiger partial charge in [-0.2, -0.15) is 0 Å². The van der Waals surface area contributed by atoms with Crippen molar-refractivity contribution in [2.75, 3.05) is 6.54 Å². The van der Waals surface area contributed by atoms with Gasteiger partial charge < -0.3 is 10.6 Å². The van der Waals surface area contributed by atoms with Gasteiger partial charge in [-0.1, -0.05) is 30.3 Å². The Morgan fingerprint density at radius 3 is 2.61 bits per heavy atom. The van der Waals surface area contributed by atoms with Crippen LogP contribution in [0.5, 0.6) is 0 Å². The van der Waals surface area contributed by atoms with Crippen LogP contribution in [0, 0.1) is 11.8 Å². The lowest BCUT2D eigenvalue weighted by molar-refractivity contribution is -0.122. The Balaban J connectivity index is 1.71. The van der Waals surface area contributed by atoms with Crippen molar-refractivity contribution in [3.8, 4) is 11.3 Å². The zero-order chi connectivity index (χ0) is 16.0. The summed E-state index contributed by atoms with van der Waals surface area (Å²) >= 11 is 0. The molecule has 0 bridgehead atoms. The Morgan fingerprint density at radius 2 is 1.87 bits per heavy atom. The number of likely N-dealkylation sites (tertiary alicyclic amines) is 1. The summed E-state index contributed by atoms with van der Waals surface area (Å²) in [6.45, 7) is 0.571. The van der Waals surface area contributed by atoms with Crippen LogP contribution in [0.25, 0.3) is 11.3 Å². The Labute approximate surface area is 133 Å². The predicted octanol–water partition coefficient (Wildman–Crippen LogP) is 1.09. The summed E-state index contributed by atoms with van der Waals surface area (Å²) in [5.74, 6) is -0.0944. The van der Waals surface area contributed by atoms with Crippen molar-refractivity contribution in [3.05, 3.63) is 48.4 Å². The monoisotopic (exact) mass is 308 g/mol. The molecular weight excluding hydrogens is 292 g/mol. The predicted molar refractivity (Wildman–Crippen MR) is 83.1 cm³/mol. The first kappa shape index (κ1) is 13.9. The van der Waals surface area contributed by atoms with E-state index in [9.17, 15) is 9.59 Å². The summed E-state index contributed by atoms with van der Waals surface area (Å²) in [4.78, 5) is 34.8. The molecule has 2 aromatic rings. The summed E-state index contributed by atoms with van der Waals surface area (Å²) in [5, 5.41) is 0. The first-order valence-corrected chi connectivity index (χ1v) is 7.63. The van der Waals surface area contributed by atoms with E-state index in [1.54, 1.807) is 11.1 Å². The molecule has 1 saturated carbocycles. The number of benzene rings is 1. The highest BCUT2D eigenvalue weighted by Crippen LogP contribution is 2.49. The summed E-state index contributed by atoms with van der Waals surface area (Å²) in [6.07, 6.45) is 4.03. The number of hydrogen-bond donors (Lipinski definition) is 1. The molecule has 0 unspecified atom stereocenters. The van der Waals surface area contributed by atoms with E-state index in [1.165, 1.54) is 6.20 Å². The molecule has 3 atom stereocenters. The molecule has 1 saturated heterocycles. The molecule has 1 aromatic carbocycles. The third-order valence-corrected chi connectivity index (χ3v) is 4.65. The number of nitrogens with two attached hydrogens (primary N) is 1. The van der Waals surface area contributed by atoms with Gasteiger partial charge in [-0.15, -0.1) is 0 Å². The topological polar surface area (TPSA) is 89.2 Å². The van der Waals surface area contributed by atoms with Gasteiger partial charge in [-0.25, -0.2) is 4.98 Å². The maximum atomic E-state index is 12.9. The minimum absolute atomic E-state index is 0.216. The van der Waals surface area contributed by atoms with Gasteiger partial charge in [0.2, 0.25) is 5.91 Å². The maximum absolute atomic E-state index is 12.9. The Bertz CT molecular complexity index is 777. The lowest BCUT2D eigenvalue weighted by Gasteiger charge is -2.25. The van der Waals surface area contributed by atoms with E-state index in [4.69, 9.17) is 5.73 Å². The smallest absolute Gasteiger partial charge is 0.275 e. The number of piperidine rings is 1. The van der Waals surface area contributed by atoms with Crippen LogP contribution in [-0.2, 0) is 4.79 Å². The summed E-state index contributed by atoms with van der Waals surface area (Å²) in [7, 11) is 0. The van der Waals surface area contributed by atoms with Gasteiger partial charge >= 0.3 is 0 Å². The summed E-state index contributed by atoms with van der Waals surface area (Å²) in [6, 6.07) is 8.92. The zero-order valence-corrected chi connectivity index (χ0v) is 12.4. The quantitative estimate of drug-likeness (QED) is 0.919. The van der Waals surface area contributed by atoms with Crippen LogP contribution < -0.4 is 5.73 Å². The van der Waals surface area contributed by atoms with Gasteiger partial charge in [0.1, 0.15) is 11.7 Å². The molecule has 0 spiro atoms. The van der Waals surface area contributed by atoms with E-state index in [0.717, 1.165) is 12.0 Å². The highest BCUT2D eigenvalue weighted by atomic mass is 16.2. The molecule has 2 N–H and O–H groups in total. The molecule has 1 aliphatic carbocycles. The van der Waals surface area contributed by atoms with Crippen molar-refractivity contribution in [2.24, 2.45) is 17.6 Å². The van der Waals surface area contributed by atoms with Crippen molar-refractivity contribution < 1.29 is 9.59 Å². The van der Waals surface area contributed by atoms with E-state index >= 15 is 0 Å². The average Bonchev–Trinajstić information content (AvgIpc) is 3.24. The van der Waals surface area contributed by atoms with Crippen LogP contribution in [0.3, 0.4) is 0 Å². The molecule has 6 nitrogen and oxygen atoms in total. The van der Waals surface area contributed by atoms with Gasteiger partial charge in [-0.05, 0) is 18.3 Å². The minimum atomic E-state index is -0.516. The molecule has 2 heterocycles. The Kier molecular flexibility index (Phi) is 3.11. The van der Waals surface area contributed by atoms with Crippen molar-refractivity contribution >= 4 is 11.8 Å². The van der Waals surface area contributed by atoms with Gasteiger partial charge in [0.05, 0.1) is 0 Å². The number of carbonyl (C=O) groups excluding carboxylic acids is 2. The number of amides is 2. The molecule has 23 heavy (non-hydrogen) atoms. The second kappa shape index (κ2) is 5.15. The molecule has 2 fully saturated rings. The molecule has 116 valence electrons. The third-order valence-electron chi connectivity index (χ3n) is 4.65. The molecule has 1 aliphatic heterocycles. The molecular formula is C17H16N4O2. The summed E-state index contributed by atoms with van der Waals surface area (Å²) < 4.78 is 0. The summed E-state index contributed by atoms with van der Waals surface area (Å²) in [5.41, 5.74) is 7.12. The number of primary amides is 1. The molecule has 2 aliphatic rings. The van der Waals surface area contributed by atoms with Gasteiger partial charge in [-0.3, -0.25) is 14.6 Å². The van der Waals surface area contributed by atoms with E-state index in [-0.39, 0.29) is 17.5 Å². The van der Waals surface area contributed by atoms with Crippen LogP contribution in [-0.4, -0.2) is 39.3 Å². The fourth-order valence-electron chi connectivity index (χ4n) is 3.48. The van der Waals surface area contributed by atoms with Gasteiger partial charge in [0, 0.05) is 24.5 Å². The van der Waals surface area contributed by atoms with E-state index in [0.29, 0.717) is 18.2 Å². The number of aromatic nitrogens is 2. The van der Waals surface area contributed by atoms with Crippen LogP contribution in [0.4, 0.5) is 0 Å². The highest BCUT2D eigenvalue weighted by molar-refractivity contribution is 6.00. The van der Waals surface area contributed by atoms with Gasteiger partial charge in [0.15, 0.2) is 5.69 Å². The lowest BCUT2D eigenvalue weighted by Crippen LogP contribution is -2.46. The van der Waals surface area contributed by atoms with Crippen LogP contribution in [0.15, 0.2) is 42.7 Å². The van der Waals surface area contributed by atoms with E-state index in [1.807, 2.05) is 30.3 Å². The molecule has 6 heteroatoms. The normalized spacial score (nSPS) is 25.0. The minimum Gasteiger partial charge on any atom is -0.368 e. The van der Waals surface area contributed by atoms with E-state index in [2.05, 4.69) is 9.97 Å². The molecule has 4 rings (SSSR count). The van der Waals surface area contributed by atoms with Crippen LogP contribution in [0.1, 0.15) is 16.9 Å². The molecule has 1 aromatic heterocycles. The Hall–Kier alpha value is -2.76. The van der Waals surface area contributed by atoms with Crippen molar-refractivity contribution in [3.63, 3.8) is 0 Å². The highest BCUT2D eigenvalue weighted by Gasteiger charge is 2.56. The second-order valence-electron chi connectivity index (χ2n) is 6.08. The zero-order valence-electron chi connectivity index (χ0n) is 12.4. The maximum Gasteiger partial charge on any atom is 0.275 e. The number of rotatable bonds is 3. The van der Waals surface area contributed by atoms with Gasteiger partial charge in [0.25, 0.3) is 5.91 Å². The molecule has 0 radical (unpaired) electrons. The largest absolute Gasteiger partial charge is 0.368 e. The number of carbonyl (C=O) groups is 2. The van der Waals surface area contributed by atoms with Crippen LogP contribution in [0.2, 0.25) is 0 Å². The number of hydrogen-bond acceptors (Lipinski definition) is 4. The second-order valence-corrected chi connectivity index (χ2v) is 6.08. The molecule has 2 amide bonds. The fraction of sp³-hybridized carbons (Fsp3) is 0.294. The van der Waals surface area contributed by atoms with Crippen molar-refractivity contribution in [1.29, 1.82) is 0 Å². The third kappa shape index (κ3) is 2.27. The van der Waals surface area contributed by atoms with Crippen molar-refractivity contribution in [2.45, 2.75) is 12.5 Å². The average molecular weight is 308 g/mol. The SMILES string of the molecule is NC(=O)[C@@H]1[C@@H]2C[C@@H]2CN1C(=O)c1nccnc1-c1ccccc1. The lowest BCUT2D eigenvalue weighted by atomic mass is 10.1. The van der Waals surface area contributed by atoms with E-state index < -0.39 is 11.9 Å². The first-order valence-electron chi connectivity index (χ1n) is 7.63. The fourth-order valence-corrected chi connectivity index (χ4v) is 3.48. The van der Waals surface area contributed by atoms with Crippen molar-refractivity contribution in [1.82, 2.24) is 14.9 Å².